The summed E-state index contributed by atoms with van der Waals surface area (Å²) in [6.45, 7) is 5.99. The summed E-state index contributed by atoms with van der Waals surface area (Å²) in [5.74, 6) is -0.320. The van der Waals surface area contributed by atoms with Crippen molar-refractivity contribution in [1.29, 1.82) is 0 Å². The summed E-state index contributed by atoms with van der Waals surface area (Å²) in [6, 6.07) is 0.189. The van der Waals surface area contributed by atoms with E-state index in [9.17, 15) is 26.3 Å². The van der Waals surface area contributed by atoms with Crippen molar-refractivity contribution in [3.8, 4) is 5.75 Å². The van der Waals surface area contributed by atoms with Gasteiger partial charge in [-0.2, -0.15) is 26.3 Å². The second-order valence-corrected chi connectivity index (χ2v) is 7.07. The van der Waals surface area contributed by atoms with E-state index in [1.807, 2.05) is 18.7 Å². The molecule has 1 N–H and O–H groups in total. The molecule has 0 bridgehead atoms. The number of hydrogen-bond donors (Lipinski definition) is 1. The summed E-state index contributed by atoms with van der Waals surface area (Å²) in [6.07, 6.45) is -9.44. The monoisotopic (exact) mass is 398 g/mol. The Kier molecular flexibility index (Phi) is 6.68. The summed E-state index contributed by atoms with van der Waals surface area (Å²) < 4.78 is 85.6. The summed E-state index contributed by atoms with van der Waals surface area (Å²) in [5.41, 5.74) is -2.86. The van der Waals surface area contributed by atoms with Gasteiger partial charge in [0.15, 0.2) is 0 Å². The van der Waals surface area contributed by atoms with Crippen LogP contribution in [-0.2, 0) is 12.4 Å². The molecule has 0 amide bonds. The Bertz CT molecular complexity index is 636. The van der Waals surface area contributed by atoms with Gasteiger partial charge in [0, 0.05) is 37.8 Å². The molecule has 1 atom stereocenters. The lowest BCUT2D eigenvalue weighted by molar-refractivity contribution is -0.144. The van der Waals surface area contributed by atoms with Gasteiger partial charge < -0.3 is 10.1 Å². The van der Waals surface area contributed by atoms with Crippen molar-refractivity contribution in [3.05, 3.63) is 28.8 Å². The Morgan fingerprint density at radius 2 is 1.63 bits per heavy atom. The summed E-state index contributed by atoms with van der Waals surface area (Å²) >= 11 is 0. The van der Waals surface area contributed by atoms with Crippen LogP contribution in [0.4, 0.5) is 26.3 Å². The summed E-state index contributed by atoms with van der Waals surface area (Å²) in [4.78, 5) is 1.89. The van der Waals surface area contributed by atoms with Gasteiger partial charge in [-0.25, -0.2) is 0 Å². The molecule has 1 aliphatic heterocycles. The van der Waals surface area contributed by atoms with Gasteiger partial charge in [-0.15, -0.1) is 0 Å². The van der Waals surface area contributed by atoms with Gasteiger partial charge in [0.2, 0.25) is 0 Å². The quantitative estimate of drug-likeness (QED) is 0.726. The maximum absolute atomic E-state index is 13.7. The lowest BCUT2D eigenvalue weighted by Crippen LogP contribution is -2.45. The Hall–Kier alpha value is -1.48. The number of piperazine rings is 1. The van der Waals surface area contributed by atoms with E-state index in [2.05, 4.69) is 5.32 Å². The molecule has 0 unspecified atom stereocenters. The van der Waals surface area contributed by atoms with Crippen LogP contribution in [0.1, 0.15) is 43.0 Å². The van der Waals surface area contributed by atoms with E-state index in [4.69, 9.17) is 4.74 Å². The molecule has 3 nitrogen and oxygen atoms in total. The first-order chi connectivity index (χ1) is 12.4. The topological polar surface area (TPSA) is 24.5 Å². The zero-order chi connectivity index (χ0) is 20.4. The predicted molar refractivity (Wildman–Crippen MR) is 89.6 cm³/mol. The van der Waals surface area contributed by atoms with Crippen LogP contribution in [0.15, 0.2) is 12.1 Å². The molecule has 0 radical (unpaired) electrons. The third-order valence-corrected chi connectivity index (χ3v) is 4.61. The third kappa shape index (κ3) is 5.28. The normalized spacial score (nSPS) is 18.0. The number of rotatable bonds is 5. The highest BCUT2D eigenvalue weighted by molar-refractivity contribution is 5.48. The van der Waals surface area contributed by atoms with E-state index < -0.39 is 29.5 Å². The van der Waals surface area contributed by atoms with E-state index in [-0.39, 0.29) is 23.3 Å². The average Bonchev–Trinajstić information content (AvgIpc) is 2.57. The van der Waals surface area contributed by atoms with Crippen LogP contribution in [0.5, 0.6) is 5.75 Å². The Morgan fingerprint density at radius 1 is 1.04 bits per heavy atom. The Morgan fingerprint density at radius 3 is 2.07 bits per heavy atom. The largest absolute Gasteiger partial charge is 0.496 e. The van der Waals surface area contributed by atoms with Crippen LogP contribution in [0.25, 0.3) is 0 Å². The number of benzene rings is 1. The molecule has 1 heterocycles. The highest BCUT2D eigenvalue weighted by atomic mass is 19.4. The zero-order valence-electron chi connectivity index (χ0n) is 15.5. The van der Waals surface area contributed by atoms with Crippen molar-refractivity contribution >= 4 is 0 Å². The van der Waals surface area contributed by atoms with Crippen molar-refractivity contribution in [2.75, 3.05) is 33.3 Å². The molecule has 0 aliphatic carbocycles. The number of alkyl halides is 6. The number of nitrogens with one attached hydrogen (secondary N) is 1. The van der Waals surface area contributed by atoms with E-state index in [0.29, 0.717) is 38.7 Å². The first-order valence-corrected chi connectivity index (χ1v) is 8.76. The zero-order valence-corrected chi connectivity index (χ0v) is 15.5. The number of ether oxygens (including phenoxy) is 1. The number of methoxy groups -OCH3 is 1. The maximum Gasteiger partial charge on any atom is 0.416 e. The molecule has 1 aliphatic rings. The predicted octanol–water partition coefficient (Wildman–Crippen LogP) is 4.73. The fraction of sp³-hybridized carbons (Fsp3) is 0.667. The van der Waals surface area contributed by atoms with Gasteiger partial charge in [0.25, 0.3) is 0 Å². The molecule has 1 aromatic rings. The lowest BCUT2D eigenvalue weighted by Gasteiger charge is -2.38. The van der Waals surface area contributed by atoms with E-state index in [1.54, 1.807) is 0 Å². The first kappa shape index (κ1) is 21.8. The second kappa shape index (κ2) is 8.26. The van der Waals surface area contributed by atoms with Crippen molar-refractivity contribution in [2.24, 2.45) is 5.92 Å². The molecule has 0 aromatic heterocycles. The van der Waals surface area contributed by atoms with Gasteiger partial charge >= 0.3 is 12.4 Å². The van der Waals surface area contributed by atoms with Crippen LogP contribution in [0, 0.1) is 5.92 Å². The van der Waals surface area contributed by atoms with Crippen LogP contribution in [0.3, 0.4) is 0 Å². The average molecular weight is 398 g/mol. The molecule has 27 heavy (non-hydrogen) atoms. The second-order valence-electron chi connectivity index (χ2n) is 7.07. The SMILES string of the molecule is COc1cc(C(F)(F)F)cc(C(F)(F)F)c1[C@H](CC(C)C)N1CCNCC1. The summed E-state index contributed by atoms with van der Waals surface area (Å²) in [5, 5.41) is 3.13. The molecular formula is C18H24F6N2O. The van der Waals surface area contributed by atoms with Crippen LogP contribution < -0.4 is 10.1 Å². The standard InChI is InChI=1S/C18H24F6N2O/c1-11(2)8-14(26-6-4-25-5-7-26)16-13(18(22,23)24)9-12(17(19,20)21)10-15(16)27-3/h9-11,14,25H,4-8H2,1-3H3/t14-/m0/s1. The Labute approximate surface area is 154 Å². The van der Waals surface area contributed by atoms with Gasteiger partial charge in [-0.05, 0) is 24.5 Å². The van der Waals surface area contributed by atoms with Crippen molar-refractivity contribution in [3.63, 3.8) is 0 Å². The van der Waals surface area contributed by atoms with E-state index in [0.717, 1.165) is 7.11 Å². The molecule has 154 valence electrons. The molecule has 2 rings (SSSR count). The number of halogens is 6. The van der Waals surface area contributed by atoms with Crippen molar-refractivity contribution in [1.82, 2.24) is 10.2 Å². The number of nitrogens with zero attached hydrogens (tertiary/aromatic N) is 1. The number of hydrogen-bond acceptors (Lipinski definition) is 3. The third-order valence-electron chi connectivity index (χ3n) is 4.61. The smallest absolute Gasteiger partial charge is 0.416 e. The highest BCUT2D eigenvalue weighted by Crippen LogP contribution is 2.46. The van der Waals surface area contributed by atoms with Crippen molar-refractivity contribution < 1.29 is 31.1 Å². The molecule has 1 aromatic carbocycles. The molecule has 9 heteroatoms. The highest BCUT2D eigenvalue weighted by Gasteiger charge is 2.42. The molecule has 1 saturated heterocycles. The minimum atomic E-state index is -4.92. The molecule has 1 fully saturated rings. The fourth-order valence-electron chi connectivity index (χ4n) is 3.43. The van der Waals surface area contributed by atoms with Gasteiger partial charge in [0.05, 0.1) is 18.2 Å². The molecule has 0 spiro atoms. The lowest BCUT2D eigenvalue weighted by atomic mass is 9.89. The minimum absolute atomic E-state index is 0.0537. The van der Waals surface area contributed by atoms with E-state index >= 15 is 0 Å². The van der Waals surface area contributed by atoms with Crippen molar-refractivity contribution in [2.45, 2.75) is 38.7 Å². The van der Waals surface area contributed by atoms with Gasteiger partial charge in [0.1, 0.15) is 5.75 Å². The molecular weight excluding hydrogens is 374 g/mol. The Balaban J connectivity index is 2.68. The van der Waals surface area contributed by atoms with Crippen LogP contribution in [-0.4, -0.2) is 38.2 Å². The maximum atomic E-state index is 13.7. The van der Waals surface area contributed by atoms with Gasteiger partial charge in [-0.3, -0.25) is 4.90 Å². The van der Waals surface area contributed by atoms with Gasteiger partial charge in [-0.1, -0.05) is 13.8 Å². The summed E-state index contributed by atoms with van der Waals surface area (Å²) in [7, 11) is 1.10. The molecule has 0 saturated carbocycles. The minimum Gasteiger partial charge on any atom is -0.496 e. The van der Waals surface area contributed by atoms with E-state index in [1.165, 1.54) is 0 Å². The first-order valence-electron chi connectivity index (χ1n) is 8.76. The van der Waals surface area contributed by atoms with Crippen LogP contribution in [0.2, 0.25) is 0 Å². The fourth-order valence-corrected chi connectivity index (χ4v) is 3.43. The van der Waals surface area contributed by atoms with Crippen LogP contribution >= 0.6 is 0 Å².